The second-order valence-corrected chi connectivity index (χ2v) is 37.6. The summed E-state index contributed by atoms with van der Waals surface area (Å²) in [5, 5.41) is 2.03. The molecule has 133 heavy (non-hydrogen) atoms. The Morgan fingerprint density at radius 2 is 0.639 bits per heavy atom. The Morgan fingerprint density at radius 3 is 0.970 bits per heavy atom. The number of benzene rings is 12. The molecule has 0 saturated heterocycles. The van der Waals surface area contributed by atoms with E-state index in [-0.39, 0.29) is 55.6 Å². The SMILES string of the molecule is C#Cc1ccc2c(c1)C(CC)(CC)c1cc(-c3nc4ccc(C#C)cc4s3)ccc1-2.Cc1cc(C)c(-n2[c-][n+](-c3c(C)cc(C)cc3C)cc2)c(C)c1.Cc1cc(C)c(-n2[c-][n+](-c3c(C)cc(C)cc3C)cc2)c(C)c1.Cc1cc(C)c(N2C=CN(c3c(C)cc(C)cc3C)[CH-]2)c(C)c1.[Au].[Au].[C-]#Cc1ccc2c(c1)C(CC)(CC)c1cc(-c3nc4ccc(C#[C-])cc4s3)ccc1-2.[Cl][Au]. The first-order chi connectivity index (χ1) is 62.8. The number of halogens is 1. The van der Waals surface area contributed by atoms with Crippen LogP contribution in [0.25, 0.3) is 86.6 Å². The fraction of sp³-hybridized carbons (Fsp3) is 0.235. The summed E-state index contributed by atoms with van der Waals surface area (Å²) < 4.78 is 10.6. The van der Waals surface area contributed by atoms with Crippen LogP contribution in [0.1, 0.15) is 198 Å². The molecule has 684 valence electrons. The van der Waals surface area contributed by atoms with Crippen molar-refractivity contribution in [2.24, 2.45) is 0 Å². The molecule has 0 spiro atoms. The third kappa shape index (κ3) is 20.3. The second kappa shape index (κ2) is 42.7. The number of fused-ring (bicyclic) bond motifs is 8. The molecule has 0 fully saturated rings. The van der Waals surface area contributed by atoms with Crippen molar-refractivity contribution in [3.05, 3.63) is 396 Å². The topological polar surface area (TPSA) is 49.9 Å². The van der Waals surface area contributed by atoms with Gasteiger partial charge in [0.15, 0.2) is 0 Å². The molecule has 14 heteroatoms. The molecule has 0 atom stereocenters. The van der Waals surface area contributed by atoms with E-state index in [1.54, 1.807) is 42.7 Å². The fourth-order valence-corrected chi connectivity index (χ4v) is 22.8. The summed E-state index contributed by atoms with van der Waals surface area (Å²) in [6.45, 7) is 50.1. The van der Waals surface area contributed by atoms with Crippen molar-refractivity contribution in [3.8, 4) is 103 Å². The minimum absolute atomic E-state index is 0. The normalized spacial score (nSPS) is 12.4. The Bertz CT molecular complexity index is 6640. The average molecular weight is 2350 g/mol. The summed E-state index contributed by atoms with van der Waals surface area (Å²) in [5.74, 6) is 10.5. The van der Waals surface area contributed by atoms with Crippen LogP contribution in [0.2, 0.25) is 0 Å². The van der Waals surface area contributed by atoms with Gasteiger partial charge in [0.1, 0.15) is 10.0 Å². The number of thiazole rings is 2. The quantitative estimate of drug-likeness (QED) is 0.0529. The molecule has 0 bridgehead atoms. The van der Waals surface area contributed by atoms with Gasteiger partial charge in [0, 0.05) is 119 Å². The van der Waals surface area contributed by atoms with Crippen LogP contribution >= 0.6 is 31.9 Å². The number of anilines is 2. The van der Waals surface area contributed by atoms with Crippen LogP contribution in [-0.4, -0.2) is 19.1 Å². The van der Waals surface area contributed by atoms with Gasteiger partial charge in [0.25, 0.3) is 12.7 Å². The number of nitrogens with zero attached hydrogens (tertiary/aromatic N) is 8. The van der Waals surface area contributed by atoms with Gasteiger partial charge in [-0.2, -0.15) is 0 Å². The number of aryl methyl sites for hydroxylation is 18. The van der Waals surface area contributed by atoms with Gasteiger partial charge in [0.2, 0.25) is 0 Å². The molecular weight excluding hydrogens is 2230 g/mol. The average Bonchev–Trinajstić information content (AvgIpc) is 1.57. The minimum atomic E-state index is -0.0491. The Labute approximate surface area is 845 Å². The van der Waals surface area contributed by atoms with Crippen molar-refractivity contribution < 1.29 is 73.9 Å². The van der Waals surface area contributed by atoms with Crippen molar-refractivity contribution in [3.63, 3.8) is 0 Å². The van der Waals surface area contributed by atoms with Crippen LogP contribution in [0.15, 0.2) is 219 Å². The zero-order valence-corrected chi connectivity index (χ0v) is 88.9. The molecule has 12 aromatic carbocycles. The molecule has 2 aliphatic carbocycles. The zero-order chi connectivity index (χ0) is 93.9. The van der Waals surface area contributed by atoms with E-state index in [9.17, 15) is 0 Å². The summed E-state index contributed by atoms with van der Waals surface area (Å²) in [6, 6.07) is 64.8. The van der Waals surface area contributed by atoms with Gasteiger partial charge in [-0.25, -0.2) is 9.97 Å². The molecule has 4 aromatic heterocycles. The number of terminal acetylenes is 2. The maximum absolute atomic E-state index is 7.57. The molecular formula is C119H113Au3ClN8S2-3. The molecule has 2 radical (unpaired) electrons. The standard InChI is InChI=1S/C28H21NS.C28H19NS.C21H25N2.2C21H24N2.3Au.ClH/c2*1-5-18-9-12-21-22-13-11-20(17-24(22)28(7-3,8-4)23(21)15-18)27-29-25-14-10-19(6-2)16-26(25)30-27;3*1-14-9-16(3)20(17(4)10-14)22-7-8-23(13-22)21-18(5)11-15(2)12-19(21)6;;;;/h1-2,9-17H,7-8H2,3-4H3;9-17H,7-8H2,3-4H3;7-13H,1-6H3;2*7-12H,1-6H3;;;;1H/q;-2;-1;;;;;+1;/p-1. The first-order valence-electron chi connectivity index (χ1n) is 44.8. The Morgan fingerprint density at radius 1 is 0.368 bits per heavy atom. The van der Waals surface area contributed by atoms with Crippen LogP contribution in [0.4, 0.5) is 11.4 Å². The van der Waals surface area contributed by atoms with E-state index in [1.165, 1.54) is 179 Å². The number of imidazole rings is 2. The molecule has 3 aliphatic rings. The summed E-state index contributed by atoms with van der Waals surface area (Å²) in [6.07, 6.45) is 49.9. The van der Waals surface area contributed by atoms with Crippen LogP contribution in [0.3, 0.4) is 0 Å². The Hall–Kier alpha value is -11.1. The van der Waals surface area contributed by atoms with Gasteiger partial charge in [-0.15, -0.1) is 77.6 Å². The molecule has 1 aliphatic heterocycles. The number of aromatic nitrogens is 6. The van der Waals surface area contributed by atoms with Gasteiger partial charge < -0.3 is 22.6 Å². The number of hydrogen-bond donors (Lipinski definition) is 0. The van der Waals surface area contributed by atoms with E-state index < -0.39 is 0 Å². The maximum atomic E-state index is 7.57. The predicted molar refractivity (Wildman–Crippen MR) is 547 cm³/mol. The molecule has 5 heterocycles. The molecule has 8 nitrogen and oxygen atoms in total. The van der Waals surface area contributed by atoms with Crippen LogP contribution in [-0.2, 0) is 75.6 Å². The van der Waals surface area contributed by atoms with Crippen molar-refractivity contribution in [1.82, 2.24) is 19.1 Å². The van der Waals surface area contributed by atoms with E-state index in [4.69, 9.17) is 35.7 Å². The van der Waals surface area contributed by atoms with E-state index in [1.807, 2.05) is 42.5 Å². The Balaban J connectivity index is 0.000000149. The van der Waals surface area contributed by atoms with E-state index in [0.717, 1.165) is 89.5 Å². The summed E-state index contributed by atoms with van der Waals surface area (Å²) in [5.41, 5.74) is 48.9. The second-order valence-electron chi connectivity index (χ2n) is 35.5. The van der Waals surface area contributed by atoms with Crippen molar-refractivity contribution >= 4 is 63.7 Å². The van der Waals surface area contributed by atoms with Crippen molar-refractivity contribution in [1.29, 1.82) is 0 Å². The summed E-state index contributed by atoms with van der Waals surface area (Å²) >= 11 is 5.11. The monoisotopic (exact) mass is 2340 g/mol. The predicted octanol–water partition coefficient (Wildman–Crippen LogP) is 28.9. The molecule has 19 rings (SSSR count). The zero-order valence-electron chi connectivity index (χ0n) is 80.0. The fourth-order valence-electron chi connectivity index (χ4n) is 20.8. The van der Waals surface area contributed by atoms with Crippen LogP contribution in [0.5, 0.6) is 0 Å². The summed E-state index contributed by atoms with van der Waals surface area (Å²) in [4.78, 5) is 14.2. The third-order valence-corrected chi connectivity index (χ3v) is 28.3. The van der Waals surface area contributed by atoms with Gasteiger partial charge in [-0.05, 0) is 316 Å². The van der Waals surface area contributed by atoms with Crippen LogP contribution < -0.4 is 18.9 Å². The molecule has 0 unspecified atom stereocenters. The van der Waals surface area contributed by atoms with E-state index in [2.05, 4.69) is 409 Å². The van der Waals surface area contributed by atoms with Gasteiger partial charge in [0.05, 0.1) is 38.5 Å². The Kier molecular flexibility index (Phi) is 32.4. The van der Waals surface area contributed by atoms with Crippen molar-refractivity contribution in [2.75, 3.05) is 9.80 Å². The van der Waals surface area contributed by atoms with Gasteiger partial charge >= 0.3 is 29.2 Å². The number of hydrogen-bond acceptors (Lipinski definition) is 6. The van der Waals surface area contributed by atoms with E-state index >= 15 is 0 Å². The van der Waals surface area contributed by atoms with Crippen LogP contribution in [0, 0.1) is 193 Å². The molecule has 0 saturated carbocycles. The molecule has 0 N–H and O–H groups in total. The molecule has 16 aromatic rings. The third-order valence-electron chi connectivity index (χ3n) is 26.1. The van der Waals surface area contributed by atoms with Gasteiger partial charge in [-0.3, -0.25) is 30.1 Å². The van der Waals surface area contributed by atoms with Crippen molar-refractivity contribution in [2.45, 2.75) is 189 Å². The molecule has 0 amide bonds. The van der Waals surface area contributed by atoms with Gasteiger partial charge in [-0.1, -0.05) is 188 Å². The first kappa shape index (κ1) is 101. The first-order valence-corrected chi connectivity index (χ1v) is 49.1. The number of rotatable bonds is 12. The summed E-state index contributed by atoms with van der Waals surface area (Å²) in [7, 11) is 4.58. The van der Waals surface area contributed by atoms with E-state index in [0.29, 0.717) is 0 Å².